The van der Waals surface area contributed by atoms with E-state index >= 15 is 0 Å². The second kappa shape index (κ2) is 9.09. The highest BCUT2D eigenvalue weighted by molar-refractivity contribution is 7.21. The maximum atomic E-state index is 12.1. The van der Waals surface area contributed by atoms with E-state index < -0.39 is 18.0 Å². The number of nitrogens with zero attached hydrogens (tertiary/aromatic N) is 2. The molecule has 0 radical (unpaired) electrons. The first-order valence-electron chi connectivity index (χ1n) is 10.5. The molecule has 176 valence electrons. The van der Waals surface area contributed by atoms with Crippen molar-refractivity contribution in [3.05, 3.63) is 59.2 Å². The third-order valence-corrected chi connectivity index (χ3v) is 6.57. The lowest BCUT2D eigenvalue weighted by molar-refractivity contribution is -0.357. The third-order valence-electron chi connectivity index (χ3n) is 5.40. The van der Waals surface area contributed by atoms with Gasteiger partial charge in [-0.25, -0.2) is 4.98 Å². The van der Waals surface area contributed by atoms with Gasteiger partial charge in [0.2, 0.25) is 0 Å². The number of fused-ring (bicyclic) bond motifs is 3. The number of nitrogens with two attached hydrogens (primary N) is 1. The number of thiophene rings is 1. The highest BCUT2D eigenvalue weighted by Crippen LogP contribution is 2.41. The number of hydrogen-bond donors (Lipinski definition) is 6. The maximum absolute atomic E-state index is 12.1. The van der Waals surface area contributed by atoms with Crippen LogP contribution in [0.25, 0.3) is 38.3 Å². The number of pyridine rings is 2. The topological polar surface area (TPSA) is 162 Å². The molecule has 0 aliphatic carbocycles. The zero-order chi connectivity index (χ0) is 24.6. The van der Waals surface area contributed by atoms with Gasteiger partial charge in [-0.3, -0.25) is 9.78 Å². The largest absolute Gasteiger partial charge is 0.383 e. The molecule has 1 atom stereocenters. The lowest BCUT2D eigenvalue weighted by Crippen LogP contribution is -2.35. The number of aromatic nitrogens is 2. The summed E-state index contributed by atoms with van der Waals surface area (Å²) in [6.45, 7) is 6.38. The fraction of sp³-hybridized carbons (Fsp3) is 0.208. The fourth-order valence-electron chi connectivity index (χ4n) is 3.79. The average molecular weight is 481 g/mol. The molecule has 1 amide bonds. The molecule has 9 nitrogen and oxygen atoms in total. The summed E-state index contributed by atoms with van der Waals surface area (Å²) < 4.78 is 0.883. The molecule has 0 aliphatic heterocycles. The highest BCUT2D eigenvalue weighted by atomic mass is 32.1. The van der Waals surface area contributed by atoms with E-state index in [1.165, 1.54) is 23.6 Å². The first-order chi connectivity index (χ1) is 16.2. The molecule has 4 rings (SSSR count). The molecular weight excluding hydrogens is 456 g/mol. The van der Waals surface area contributed by atoms with Crippen LogP contribution in [0.15, 0.2) is 43.1 Å². The molecule has 3 heterocycles. The summed E-state index contributed by atoms with van der Waals surface area (Å²) in [5.74, 6) is -3.87. The van der Waals surface area contributed by atoms with E-state index in [4.69, 9.17) is 10.7 Å². The fourth-order valence-corrected chi connectivity index (χ4v) is 4.83. The monoisotopic (exact) mass is 480 g/mol. The Morgan fingerprint density at radius 3 is 2.71 bits per heavy atom. The van der Waals surface area contributed by atoms with Crippen molar-refractivity contribution in [1.82, 2.24) is 9.97 Å². The molecule has 0 saturated carbocycles. The minimum atomic E-state index is -3.36. The Hall–Kier alpha value is -3.41. The van der Waals surface area contributed by atoms with Crippen LogP contribution in [0, 0.1) is 0 Å². The Balaban J connectivity index is 1.94. The van der Waals surface area contributed by atoms with E-state index in [1.54, 1.807) is 12.1 Å². The highest BCUT2D eigenvalue weighted by Gasteiger charge is 2.34. The van der Waals surface area contributed by atoms with Crippen LogP contribution in [0.4, 0.5) is 5.69 Å². The smallest absolute Gasteiger partial charge is 0.307 e. The van der Waals surface area contributed by atoms with Crippen LogP contribution in [0.5, 0.6) is 0 Å². The summed E-state index contributed by atoms with van der Waals surface area (Å²) >= 11 is 1.31. The summed E-state index contributed by atoms with van der Waals surface area (Å²) in [6, 6.07) is 8.79. The summed E-state index contributed by atoms with van der Waals surface area (Å²) in [7, 11) is 0. The molecular formula is C24H24N4O5S. The zero-order valence-electron chi connectivity index (χ0n) is 18.3. The number of primary amides is 1. The van der Waals surface area contributed by atoms with Crippen molar-refractivity contribution < 1.29 is 25.2 Å². The minimum absolute atomic E-state index is 0.0251. The Labute approximate surface area is 198 Å². The van der Waals surface area contributed by atoms with E-state index in [1.807, 2.05) is 25.1 Å². The van der Waals surface area contributed by atoms with Crippen LogP contribution in [0.2, 0.25) is 0 Å². The van der Waals surface area contributed by atoms with Crippen LogP contribution in [0.1, 0.15) is 40.4 Å². The quantitative estimate of drug-likeness (QED) is 0.210. The molecule has 0 bridgehead atoms. The van der Waals surface area contributed by atoms with E-state index in [-0.39, 0.29) is 5.56 Å². The first-order valence-corrected chi connectivity index (χ1v) is 11.3. The second-order valence-electron chi connectivity index (χ2n) is 7.79. The number of rotatable bonds is 8. The van der Waals surface area contributed by atoms with E-state index in [9.17, 15) is 25.2 Å². The molecule has 34 heavy (non-hydrogen) atoms. The molecule has 0 fully saturated rings. The van der Waals surface area contributed by atoms with Crippen molar-refractivity contribution in [3.8, 4) is 11.3 Å². The van der Waals surface area contributed by atoms with Crippen molar-refractivity contribution in [2.75, 3.05) is 11.9 Å². The Morgan fingerprint density at radius 2 is 2.06 bits per heavy atom. The average Bonchev–Trinajstić information content (AvgIpc) is 3.20. The zero-order valence-corrected chi connectivity index (χ0v) is 19.1. The van der Waals surface area contributed by atoms with Crippen LogP contribution in [0.3, 0.4) is 0 Å². The van der Waals surface area contributed by atoms with Crippen molar-refractivity contribution in [1.29, 1.82) is 0 Å². The number of carbonyl (C=O) groups is 1. The molecule has 7 N–H and O–H groups in total. The van der Waals surface area contributed by atoms with Gasteiger partial charge in [0.15, 0.2) is 6.10 Å². The van der Waals surface area contributed by atoms with E-state index in [2.05, 4.69) is 16.9 Å². The second-order valence-corrected chi connectivity index (χ2v) is 8.84. The summed E-state index contributed by atoms with van der Waals surface area (Å²) in [5.41, 5.74) is 8.10. The number of carbonyl (C=O) groups excluding carboxylic acids is 1. The summed E-state index contributed by atoms with van der Waals surface area (Å²) in [5, 5.41) is 43.8. The molecule has 0 saturated heterocycles. The van der Waals surface area contributed by atoms with Crippen molar-refractivity contribution >= 4 is 50.0 Å². The van der Waals surface area contributed by atoms with Gasteiger partial charge >= 0.3 is 5.97 Å². The van der Waals surface area contributed by atoms with Gasteiger partial charge in [0.25, 0.3) is 5.91 Å². The molecule has 1 aromatic carbocycles. The minimum Gasteiger partial charge on any atom is -0.383 e. The van der Waals surface area contributed by atoms with Gasteiger partial charge in [-0.2, -0.15) is 0 Å². The van der Waals surface area contributed by atoms with Gasteiger partial charge in [-0.15, -0.1) is 11.3 Å². The van der Waals surface area contributed by atoms with Gasteiger partial charge in [0, 0.05) is 39.3 Å². The van der Waals surface area contributed by atoms with E-state index in [0.29, 0.717) is 39.6 Å². The standard InChI is InChI=1S/C24H24N4O5S/c1-3-9-26-20-19-13-5-6-17(28-16(13)7-8-18(19)34-21(20)23(25)30)14-10-12(4-2)27-11-15(14)22(29)24(31,32)33/h4-8,10-11,22,26,29,31-33H,2-3,9H2,1H3,(H2,25,30). The molecule has 0 spiro atoms. The summed E-state index contributed by atoms with van der Waals surface area (Å²) in [4.78, 5) is 21.3. The van der Waals surface area contributed by atoms with Gasteiger partial charge in [0.1, 0.15) is 4.88 Å². The predicted octanol–water partition coefficient (Wildman–Crippen LogP) is 2.74. The molecule has 1 unspecified atom stereocenters. The number of anilines is 1. The van der Waals surface area contributed by atoms with Crippen LogP contribution in [-0.2, 0) is 0 Å². The van der Waals surface area contributed by atoms with Gasteiger partial charge in [-0.1, -0.05) is 13.5 Å². The Morgan fingerprint density at radius 1 is 1.29 bits per heavy atom. The van der Waals surface area contributed by atoms with E-state index in [0.717, 1.165) is 21.9 Å². The van der Waals surface area contributed by atoms with Crippen molar-refractivity contribution in [2.45, 2.75) is 25.4 Å². The number of nitrogens with one attached hydrogen (secondary N) is 1. The number of benzene rings is 1. The lowest BCUT2D eigenvalue weighted by atomic mass is 9.98. The van der Waals surface area contributed by atoms with Crippen LogP contribution in [-0.4, -0.2) is 48.8 Å². The lowest BCUT2D eigenvalue weighted by Gasteiger charge is -2.23. The molecule has 10 heteroatoms. The number of amides is 1. The first kappa shape index (κ1) is 23.7. The van der Waals surface area contributed by atoms with Crippen LogP contribution < -0.4 is 11.1 Å². The Bertz CT molecular complexity index is 1410. The predicted molar refractivity (Wildman–Crippen MR) is 132 cm³/mol. The van der Waals surface area contributed by atoms with Gasteiger partial charge in [-0.05, 0) is 42.8 Å². The van der Waals surface area contributed by atoms with Crippen molar-refractivity contribution in [2.24, 2.45) is 5.73 Å². The Kier molecular flexibility index (Phi) is 6.34. The van der Waals surface area contributed by atoms with Gasteiger partial charge < -0.3 is 31.5 Å². The number of aliphatic hydroxyl groups is 4. The van der Waals surface area contributed by atoms with Gasteiger partial charge in [0.05, 0.1) is 22.6 Å². The molecule has 3 aromatic heterocycles. The van der Waals surface area contributed by atoms with Crippen molar-refractivity contribution in [3.63, 3.8) is 0 Å². The number of hydrogen-bond acceptors (Lipinski definition) is 9. The maximum Gasteiger partial charge on any atom is 0.307 e. The third kappa shape index (κ3) is 4.25. The molecule has 0 aliphatic rings. The SMILES string of the molecule is C=Cc1cc(-c2ccc3c(ccc4sc(C(N)=O)c(NCCC)c43)n2)c(C(O)C(O)(O)O)cn1. The number of aliphatic hydroxyl groups excluding tert-OH is 1. The molecule has 4 aromatic rings. The summed E-state index contributed by atoms with van der Waals surface area (Å²) in [6.07, 6.45) is 1.54. The van der Waals surface area contributed by atoms with Crippen LogP contribution >= 0.6 is 11.3 Å². The normalized spacial score (nSPS) is 12.7.